The molecule has 8 heteroatoms. The first-order valence-electron chi connectivity index (χ1n) is 9.42. The zero-order valence-corrected chi connectivity index (χ0v) is 16.6. The van der Waals surface area contributed by atoms with Crippen molar-refractivity contribution in [3.63, 3.8) is 0 Å². The van der Waals surface area contributed by atoms with Crippen LogP contribution in [-0.4, -0.2) is 21.1 Å². The number of hydrogen-bond donors (Lipinski definition) is 3. The average Bonchev–Trinajstić information content (AvgIpc) is 3.37. The molecule has 0 saturated carbocycles. The van der Waals surface area contributed by atoms with Gasteiger partial charge in [-0.3, -0.25) is 4.98 Å². The molecular weight excluding hydrogens is 403 g/mol. The SMILES string of the molecule is N/C(=C(\N)c1cc(Cl)ccc1F)c1ccc2ncc(-c3cnc4n3CCN4)cc2c1. The van der Waals surface area contributed by atoms with Gasteiger partial charge in [-0.05, 0) is 36.4 Å². The van der Waals surface area contributed by atoms with E-state index in [-0.39, 0.29) is 17.0 Å². The van der Waals surface area contributed by atoms with Crippen molar-refractivity contribution in [2.75, 3.05) is 11.9 Å². The molecule has 0 bridgehead atoms. The van der Waals surface area contributed by atoms with Crippen molar-refractivity contribution < 1.29 is 4.39 Å². The maximum Gasteiger partial charge on any atom is 0.203 e. The number of pyridine rings is 1. The minimum Gasteiger partial charge on any atom is -0.397 e. The molecule has 5 N–H and O–H groups in total. The smallest absolute Gasteiger partial charge is 0.203 e. The maximum atomic E-state index is 14.2. The molecule has 0 fully saturated rings. The molecule has 1 aliphatic rings. The van der Waals surface area contributed by atoms with Crippen LogP contribution in [0.2, 0.25) is 5.02 Å². The van der Waals surface area contributed by atoms with Gasteiger partial charge in [0.2, 0.25) is 5.95 Å². The highest BCUT2D eigenvalue weighted by Gasteiger charge is 2.17. The fraction of sp³-hybridized carbons (Fsp3) is 0.0909. The topological polar surface area (TPSA) is 94.8 Å². The molecule has 3 heterocycles. The summed E-state index contributed by atoms with van der Waals surface area (Å²) in [7, 11) is 0. The summed E-state index contributed by atoms with van der Waals surface area (Å²) in [6, 6.07) is 11.8. The van der Waals surface area contributed by atoms with Crippen LogP contribution >= 0.6 is 11.6 Å². The maximum absolute atomic E-state index is 14.2. The molecule has 30 heavy (non-hydrogen) atoms. The number of benzene rings is 2. The lowest BCUT2D eigenvalue weighted by molar-refractivity contribution is 0.624. The summed E-state index contributed by atoms with van der Waals surface area (Å²) in [6.07, 6.45) is 3.67. The summed E-state index contributed by atoms with van der Waals surface area (Å²) in [5, 5.41) is 4.53. The normalized spacial score (nSPS) is 13.8. The van der Waals surface area contributed by atoms with E-state index in [4.69, 9.17) is 23.1 Å². The van der Waals surface area contributed by atoms with Crippen LogP contribution in [0.1, 0.15) is 11.1 Å². The van der Waals surface area contributed by atoms with E-state index in [0.717, 1.165) is 41.2 Å². The van der Waals surface area contributed by atoms with Gasteiger partial charge in [0.15, 0.2) is 0 Å². The number of rotatable bonds is 3. The van der Waals surface area contributed by atoms with Crippen molar-refractivity contribution in [3.8, 4) is 11.3 Å². The average molecular weight is 421 g/mol. The minimum atomic E-state index is -0.479. The molecule has 0 spiro atoms. The second-order valence-electron chi connectivity index (χ2n) is 7.13. The summed E-state index contributed by atoms with van der Waals surface area (Å²) < 4.78 is 16.3. The number of halogens is 2. The third-order valence-electron chi connectivity index (χ3n) is 5.27. The lowest BCUT2D eigenvalue weighted by Gasteiger charge is -2.11. The number of nitrogens with two attached hydrogens (primary N) is 2. The van der Waals surface area contributed by atoms with Crippen LogP contribution in [0.25, 0.3) is 33.6 Å². The van der Waals surface area contributed by atoms with Crippen LogP contribution in [0, 0.1) is 5.82 Å². The summed E-state index contributed by atoms with van der Waals surface area (Å²) >= 11 is 5.99. The fourth-order valence-corrected chi connectivity index (χ4v) is 3.87. The van der Waals surface area contributed by atoms with Crippen molar-refractivity contribution in [1.82, 2.24) is 14.5 Å². The van der Waals surface area contributed by atoms with Crippen molar-refractivity contribution in [2.24, 2.45) is 11.5 Å². The highest BCUT2D eigenvalue weighted by atomic mass is 35.5. The molecule has 2 aromatic heterocycles. The second kappa shape index (κ2) is 7.03. The van der Waals surface area contributed by atoms with E-state index < -0.39 is 5.82 Å². The summed E-state index contributed by atoms with van der Waals surface area (Å²) in [4.78, 5) is 8.97. The van der Waals surface area contributed by atoms with Crippen molar-refractivity contribution in [3.05, 3.63) is 76.8 Å². The Balaban J connectivity index is 1.59. The molecule has 6 nitrogen and oxygen atoms in total. The summed E-state index contributed by atoms with van der Waals surface area (Å²) in [5.74, 6) is 0.384. The van der Waals surface area contributed by atoms with Crippen LogP contribution < -0.4 is 16.8 Å². The van der Waals surface area contributed by atoms with Gasteiger partial charge in [0.05, 0.1) is 28.8 Å². The number of aromatic nitrogens is 3. The zero-order chi connectivity index (χ0) is 20.8. The van der Waals surface area contributed by atoms with Gasteiger partial charge in [0, 0.05) is 46.4 Å². The Kier molecular flexibility index (Phi) is 4.33. The third kappa shape index (κ3) is 3.04. The first kappa shape index (κ1) is 18.4. The predicted octanol–water partition coefficient (Wildman–Crippen LogP) is 4.06. The van der Waals surface area contributed by atoms with Gasteiger partial charge in [-0.1, -0.05) is 17.7 Å². The van der Waals surface area contributed by atoms with Crippen molar-refractivity contribution in [1.29, 1.82) is 0 Å². The molecular formula is C22H18ClFN6. The Morgan fingerprint density at radius 3 is 2.77 bits per heavy atom. The van der Waals surface area contributed by atoms with E-state index in [1.165, 1.54) is 18.2 Å². The van der Waals surface area contributed by atoms with Crippen LogP contribution in [0.15, 0.2) is 54.9 Å². The predicted molar refractivity (Wildman–Crippen MR) is 118 cm³/mol. The molecule has 1 aliphatic heterocycles. The van der Waals surface area contributed by atoms with Gasteiger partial charge in [0.1, 0.15) is 5.82 Å². The van der Waals surface area contributed by atoms with Crippen LogP contribution in [0.5, 0.6) is 0 Å². The standard InChI is InChI=1S/C22H18ClFN6/c23-15-2-3-17(24)16(9-15)21(26)20(25)12-1-4-18-13(7-12)8-14(10-28-18)19-11-29-22-27-5-6-30(19)22/h1-4,7-11H,5-6,25-26H2,(H,27,29)/b21-20-. The highest BCUT2D eigenvalue weighted by molar-refractivity contribution is 6.30. The monoisotopic (exact) mass is 420 g/mol. The number of hydrogen-bond acceptors (Lipinski definition) is 5. The lowest BCUT2D eigenvalue weighted by Crippen LogP contribution is -2.09. The lowest BCUT2D eigenvalue weighted by atomic mass is 10.0. The number of fused-ring (bicyclic) bond motifs is 2. The molecule has 150 valence electrons. The Bertz CT molecular complexity index is 1330. The minimum absolute atomic E-state index is 0.137. The molecule has 0 aliphatic carbocycles. The number of imidazole rings is 1. The first-order valence-corrected chi connectivity index (χ1v) is 9.79. The molecule has 5 rings (SSSR count). The Morgan fingerprint density at radius 2 is 1.90 bits per heavy atom. The molecule has 0 atom stereocenters. The van der Waals surface area contributed by atoms with Crippen molar-refractivity contribution >= 4 is 39.8 Å². The second-order valence-corrected chi connectivity index (χ2v) is 7.56. The van der Waals surface area contributed by atoms with E-state index in [0.29, 0.717) is 10.6 Å². The van der Waals surface area contributed by atoms with Crippen LogP contribution in [0.3, 0.4) is 0 Å². The van der Waals surface area contributed by atoms with E-state index in [1.54, 1.807) is 0 Å². The van der Waals surface area contributed by atoms with E-state index in [1.807, 2.05) is 36.7 Å². The molecule has 0 unspecified atom stereocenters. The molecule has 0 radical (unpaired) electrons. The molecule has 2 aromatic carbocycles. The Labute approximate surface area is 177 Å². The first-order chi connectivity index (χ1) is 14.5. The largest absolute Gasteiger partial charge is 0.397 e. The Hall–Kier alpha value is -3.58. The van der Waals surface area contributed by atoms with Gasteiger partial charge < -0.3 is 21.4 Å². The number of anilines is 1. The van der Waals surface area contributed by atoms with Gasteiger partial charge in [-0.2, -0.15) is 0 Å². The Morgan fingerprint density at radius 1 is 1.03 bits per heavy atom. The van der Waals surface area contributed by atoms with Crippen molar-refractivity contribution in [2.45, 2.75) is 6.54 Å². The molecule has 4 aromatic rings. The molecule has 0 saturated heterocycles. The van der Waals surface area contributed by atoms with Gasteiger partial charge in [0.25, 0.3) is 0 Å². The number of nitrogens with zero attached hydrogens (tertiary/aromatic N) is 3. The van der Waals surface area contributed by atoms with Gasteiger partial charge in [-0.25, -0.2) is 9.37 Å². The third-order valence-corrected chi connectivity index (χ3v) is 5.51. The molecule has 0 amide bonds. The van der Waals surface area contributed by atoms with Gasteiger partial charge >= 0.3 is 0 Å². The van der Waals surface area contributed by atoms with E-state index >= 15 is 0 Å². The summed E-state index contributed by atoms with van der Waals surface area (Å²) in [6.45, 7) is 1.72. The van der Waals surface area contributed by atoms with Gasteiger partial charge in [-0.15, -0.1) is 0 Å². The van der Waals surface area contributed by atoms with Crippen LogP contribution in [0.4, 0.5) is 10.3 Å². The van der Waals surface area contributed by atoms with Crippen LogP contribution in [-0.2, 0) is 6.54 Å². The number of nitrogens with one attached hydrogen (secondary N) is 1. The quantitative estimate of drug-likeness (QED) is 0.434. The summed E-state index contributed by atoms with van der Waals surface area (Å²) in [5.41, 5.74) is 16.5. The highest BCUT2D eigenvalue weighted by Crippen LogP contribution is 2.29. The van der Waals surface area contributed by atoms with E-state index in [9.17, 15) is 4.39 Å². The zero-order valence-electron chi connectivity index (χ0n) is 15.9. The fourth-order valence-electron chi connectivity index (χ4n) is 3.70. The van der Waals surface area contributed by atoms with E-state index in [2.05, 4.69) is 19.9 Å².